The van der Waals surface area contributed by atoms with Gasteiger partial charge in [0.25, 0.3) is 0 Å². The molecular weight excluding hydrogens is 848 g/mol. The van der Waals surface area contributed by atoms with Crippen molar-refractivity contribution < 1.29 is 164 Å². The van der Waals surface area contributed by atoms with Crippen LogP contribution in [0.3, 0.4) is 0 Å². The summed E-state index contributed by atoms with van der Waals surface area (Å²) in [5, 5.41) is 0. The molecule has 2 radical (unpaired) electrons. The predicted octanol–water partition coefficient (Wildman–Crippen LogP) is -6.02. The average molecular weight is 866 g/mol. The van der Waals surface area contributed by atoms with Gasteiger partial charge in [-0.1, -0.05) is 0 Å². The van der Waals surface area contributed by atoms with Gasteiger partial charge in [0, 0.05) is 63.2 Å². The molecule has 0 aromatic rings. The first-order valence-electron chi connectivity index (χ1n) is 0. The minimum Gasteiger partial charge on any atom is -0.870 e. The van der Waals surface area contributed by atoms with Crippen molar-refractivity contribution >= 4 is 0 Å². The first kappa shape index (κ1) is 973. The molecule has 0 saturated carbocycles. The zero-order valence-corrected chi connectivity index (χ0v) is 19.1. The van der Waals surface area contributed by atoms with Crippen LogP contribution in [0.25, 0.3) is 0 Å². The van der Waals surface area contributed by atoms with Gasteiger partial charge in [-0.25, -0.2) is 0 Å². The molecule has 0 atom stereocenters. The molecule has 0 aliphatic carbocycles. The fourth-order valence-corrected chi connectivity index (χ4v) is 0. The maximum Gasteiger partial charge on any atom is 3.00 e. The van der Waals surface area contributed by atoms with E-state index in [1.54, 1.807) is 0 Å². The Hall–Kier alpha value is 2.65. The van der Waals surface area contributed by atoms with E-state index in [1.165, 1.54) is 0 Å². The number of hydrogen-bond donors (Lipinski definition) is 0. The van der Waals surface area contributed by atoms with Crippen molar-refractivity contribution in [2.45, 2.75) is 0 Å². The summed E-state index contributed by atoms with van der Waals surface area (Å²) in [5.74, 6) is 0. The van der Waals surface area contributed by atoms with Gasteiger partial charge in [0.15, 0.2) is 0 Å². The smallest absolute Gasteiger partial charge is 0.870 e. The Labute approximate surface area is 162 Å². The third-order valence-corrected chi connectivity index (χ3v) is 0. The van der Waals surface area contributed by atoms with Gasteiger partial charge in [0.2, 0.25) is 0 Å². The first-order chi connectivity index (χ1) is 0. The Morgan fingerprint density at radius 1 is 0.235 bits per heavy atom. The van der Waals surface area contributed by atoms with E-state index in [4.69, 9.17) is 0 Å². The first-order valence-corrected chi connectivity index (χ1v) is 0. The van der Waals surface area contributed by atoms with Gasteiger partial charge in [0.1, 0.15) is 0 Å². The van der Waals surface area contributed by atoms with Crippen LogP contribution < -0.4 is 0 Å². The topological polar surface area (TPSA) is 369 Å². The van der Waals surface area contributed by atoms with E-state index >= 15 is 0 Å². The van der Waals surface area contributed by atoms with Crippen LogP contribution in [-0.2, 0) is 97.9 Å². The van der Waals surface area contributed by atoms with E-state index in [9.17, 15) is 0 Å². The molecule has 0 aliphatic rings. The summed E-state index contributed by atoms with van der Waals surface area (Å²) in [6.45, 7) is 0. The van der Waals surface area contributed by atoms with E-state index in [2.05, 4.69) is 0 Å². The van der Waals surface area contributed by atoms with Gasteiger partial charge in [-0.05, 0) is 0 Å². The van der Waals surface area contributed by atoms with E-state index in [-0.39, 0.29) is 164 Å². The molecule has 0 aliphatic heterocycles. The number of rotatable bonds is 0. The SMILES string of the molecule is O.O.O.O.O.O.[Cr+3].[Cr+3].[OH-].[OH-].[OH-].[OH-].[OH-].[OH-].[W].[W].[W]. The van der Waals surface area contributed by atoms with Gasteiger partial charge in [-0.3, -0.25) is 0 Å². The molecule has 12 nitrogen and oxygen atoms in total. The monoisotopic (exact) mass is 866 g/mol. The maximum absolute atomic E-state index is 0. The van der Waals surface area contributed by atoms with Gasteiger partial charge in [-0.2, -0.15) is 0 Å². The fraction of sp³-hybridized carbons (Fsp3) is 0. The Balaban J connectivity index is 0. The van der Waals surface area contributed by atoms with Crippen LogP contribution in [0.1, 0.15) is 0 Å². The standard InChI is InChI=1S/2Cr.12H2O.3W/h;;12*1H2;;;/q2*+3;;;;;;;;;;;;;;;/p-6. The Morgan fingerprint density at radius 2 is 0.235 bits per heavy atom. The molecule has 0 amide bonds. The quantitative estimate of drug-likeness (QED) is 0.228. The summed E-state index contributed by atoms with van der Waals surface area (Å²) in [5.41, 5.74) is 0. The molecule has 0 aromatic heterocycles. The molecule has 17 heteroatoms. The van der Waals surface area contributed by atoms with E-state index in [0.29, 0.717) is 0 Å². The average Bonchev–Trinajstić information content (AvgIpc) is 0. The molecule has 0 spiro atoms. The zero-order valence-electron chi connectivity index (χ0n) is 7.72. The van der Waals surface area contributed by atoms with E-state index in [1.807, 2.05) is 0 Å². The molecule has 120 valence electrons. The normalized spacial score (nSPS) is 0. The molecule has 0 saturated heterocycles. The number of hydrogen-bond acceptors (Lipinski definition) is 6. The summed E-state index contributed by atoms with van der Waals surface area (Å²) < 4.78 is 0. The molecule has 18 N–H and O–H groups in total. The Kier molecular flexibility index (Phi) is 47400. The van der Waals surface area contributed by atoms with E-state index in [0.717, 1.165) is 0 Å². The summed E-state index contributed by atoms with van der Waals surface area (Å²) in [6.07, 6.45) is 0. The third-order valence-electron chi connectivity index (χ3n) is 0. The van der Waals surface area contributed by atoms with Crippen molar-refractivity contribution in [2.75, 3.05) is 0 Å². The predicted molar refractivity (Wildman–Crippen MR) is 33.3 cm³/mol. The van der Waals surface area contributed by atoms with Crippen molar-refractivity contribution in [3.05, 3.63) is 0 Å². The van der Waals surface area contributed by atoms with Crippen LogP contribution >= 0.6 is 0 Å². The Morgan fingerprint density at radius 3 is 0.235 bits per heavy atom. The van der Waals surface area contributed by atoms with Crippen LogP contribution in [0.5, 0.6) is 0 Å². The van der Waals surface area contributed by atoms with Crippen LogP contribution in [0.4, 0.5) is 0 Å². The fourth-order valence-electron chi connectivity index (χ4n) is 0. The molecule has 0 fully saturated rings. The van der Waals surface area contributed by atoms with Crippen molar-refractivity contribution in [1.82, 2.24) is 0 Å². The minimum atomic E-state index is 0. The maximum atomic E-state index is 0. The van der Waals surface area contributed by atoms with Gasteiger partial charge < -0.3 is 65.7 Å². The van der Waals surface area contributed by atoms with Gasteiger partial charge in [0.05, 0.1) is 0 Å². The van der Waals surface area contributed by atoms with Gasteiger partial charge >= 0.3 is 34.7 Å². The molecular formula is H18Cr2O12W3. The minimum absolute atomic E-state index is 0. The third kappa shape index (κ3) is 736. The summed E-state index contributed by atoms with van der Waals surface area (Å²) in [6, 6.07) is 0. The van der Waals surface area contributed by atoms with Crippen LogP contribution in [0, 0.1) is 0 Å². The van der Waals surface area contributed by atoms with E-state index < -0.39 is 0 Å². The summed E-state index contributed by atoms with van der Waals surface area (Å²) >= 11 is 0. The zero-order chi connectivity index (χ0) is 0. The van der Waals surface area contributed by atoms with Gasteiger partial charge in [-0.15, -0.1) is 0 Å². The second-order valence-electron chi connectivity index (χ2n) is 0. The second kappa shape index (κ2) is 827. The molecule has 0 bridgehead atoms. The van der Waals surface area contributed by atoms with Crippen LogP contribution in [0.2, 0.25) is 0 Å². The van der Waals surface area contributed by atoms with Crippen molar-refractivity contribution in [1.29, 1.82) is 0 Å². The Bertz CT molecular complexity index is 19.7. The van der Waals surface area contributed by atoms with Crippen LogP contribution in [0.15, 0.2) is 0 Å². The summed E-state index contributed by atoms with van der Waals surface area (Å²) in [7, 11) is 0. The molecule has 17 heavy (non-hydrogen) atoms. The molecule has 0 rings (SSSR count). The molecule has 0 heterocycles. The molecule has 0 unspecified atom stereocenters. The van der Waals surface area contributed by atoms with Crippen molar-refractivity contribution in [2.24, 2.45) is 0 Å². The van der Waals surface area contributed by atoms with Crippen molar-refractivity contribution in [3.63, 3.8) is 0 Å². The molecule has 0 aromatic carbocycles. The van der Waals surface area contributed by atoms with Crippen LogP contribution in [-0.4, -0.2) is 65.7 Å². The summed E-state index contributed by atoms with van der Waals surface area (Å²) in [4.78, 5) is 0. The second-order valence-corrected chi connectivity index (χ2v) is 0. The largest absolute Gasteiger partial charge is 3.00 e. The van der Waals surface area contributed by atoms with Crippen molar-refractivity contribution in [3.8, 4) is 0 Å².